The quantitative estimate of drug-likeness (QED) is 0.775. The lowest BCUT2D eigenvalue weighted by Gasteiger charge is -2.15. The van der Waals surface area contributed by atoms with Gasteiger partial charge in [0.1, 0.15) is 0 Å². The van der Waals surface area contributed by atoms with E-state index in [1.807, 2.05) is 36.1 Å². The number of benzene rings is 1. The minimum absolute atomic E-state index is 0.0648. The Morgan fingerprint density at radius 2 is 1.92 bits per heavy atom. The number of hydrogen-bond acceptors (Lipinski definition) is 2. The second-order valence-corrected chi connectivity index (χ2v) is 6.95. The first-order valence-electron chi connectivity index (χ1n) is 8.84. The summed E-state index contributed by atoms with van der Waals surface area (Å²) in [5.74, 6) is 0.777. The molecule has 1 saturated heterocycles. The molecule has 0 radical (unpaired) electrons. The highest BCUT2D eigenvalue weighted by Gasteiger charge is 2.21. The molecule has 4 nitrogen and oxygen atoms in total. The molecule has 1 N–H and O–H groups in total. The average molecular weight is 328 g/mol. The fourth-order valence-corrected chi connectivity index (χ4v) is 2.80. The Bertz CT molecular complexity index is 590. The van der Waals surface area contributed by atoms with Crippen molar-refractivity contribution in [3.8, 4) is 0 Å². The van der Waals surface area contributed by atoms with Gasteiger partial charge in [0.05, 0.1) is 0 Å². The normalized spacial score (nSPS) is 16.2. The van der Waals surface area contributed by atoms with Crippen molar-refractivity contribution in [1.82, 2.24) is 5.32 Å². The molecule has 1 aromatic carbocycles. The molecule has 130 valence electrons. The Morgan fingerprint density at radius 1 is 1.21 bits per heavy atom. The lowest BCUT2D eigenvalue weighted by Crippen LogP contribution is -2.31. The molecule has 0 aromatic heterocycles. The summed E-state index contributed by atoms with van der Waals surface area (Å²) in [5.41, 5.74) is 1.89. The first-order valence-corrected chi connectivity index (χ1v) is 8.84. The minimum Gasteiger partial charge on any atom is -0.350 e. The molecule has 1 unspecified atom stereocenters. The van der Waals surface area contributed by atoms with Crippen molar-refractivity contribution in [3.63, 3.8) is 0 Å². The van der Waals surface area contributed by atoms with Crippen LogP contribution in [0, 0.1) is 5.92 Å². The van der Waals surface area contributed by atoms with E-state index < -0.39 is 0 Å². The van der Waals surface area contributed by atoms with E-state index in [0.717, 1.165) is 37.1 Å². The first-order chi connectivity index (χ1) is 11.5. The van der Waals surface area contributed by atoms with Crippen molar-refractivity contribution in [2.45, 2.75) is 52.5 Å². The number of rotatable bonds is 7. The summed E-state index contributed by atoms with van der Waals surface area (Å²) in [4.78, 5) is 25.5. The molecule has 1 fully saturated rings. The van der Waals surface area contributed by atoms with E-state index in [4.69, 9.17) is 0 Å². The van der Waals surface area contributed by atoms with Crippen LogP contribution in [0.25, 0.3) is 6.08 Å². The summed E-state index contributed by atoms with van der Waals surface area (Å²) < 4.78 is 0. The van der Waals surface area contributed by atoms with Gasteiger partial charge in [-0.15, -0.1) is 0 Å². The number of carbonyl (C=O) groups excluding carboxylic acids is 2. The van der Waals surface area contributed by atoms with Crippen molar-refractivity contribution >= 4 is 23.6 Å². The maximum Gasteiger partial charge on any atom is 0.244 e. The third kappa shape index (κ3) is 5.52. The van der Waals surface area contributed by atoms with E-state index in [1.54, 1.807) is 12.2 Å². The van der Waals surface area contributed by atoms with E-state index in [2.05, 4.69) is 19.2 Å². The van der Waals surface area contributed by atoms with E-state index in [0.29, 0.717) is 12.3 Å². The minimum atomic E-state index is -0.0648. The summed E-state index contributed by atoms with van der Waals surface area (Å²) in [7, 11) is 0. The summed E-state index contributed by atoms with van der Waals surface area (Å²) >= 11 is 0. The number of carbonyl (C=O) groups is 2. The van der Waals surface area contributed by atoms with E-state index >= 15 is 0 Å². The zero-order valence-electron chi connectivity index (χ0n) is 14.9. The van der Waals surface area contributed by atoms with Gasteiger partial charge in [-0.05, 0) is 55.9 Å². The smallest absolute Gasteiger partial charge is 0.244 e. The van der Waals surface area contributed by atoms with Gasteiger partial charge in [-0.2, -0.15) is 0 Å². The molecule has 2 rings (SSSR count). The molecule has 1 atom stereocenters. The maximum absolute atomic E-state index is 11.9. The monoisotopic (exact) mass is 328 g/mol. The summed E-state index contributed by atoms with van der Waals surface area (Å²) in [6.45, 7) is 7.21. The molecule has 1 aliphatic rings. The summed E-state index contributed by atoms with van der Waals surface area (Å²) in [6, 6.07) is 7.94. The van der Waals surface area contributed by atoms with Crippen LogP contribution in [0.2, 0.25) is 0 Å². The second kappa shape index (κ2) is 8.67. The third-order valence-corrected chi connectivity index (χ3v) is 4.27. The van der Waals surface area contributed by atoms with Gasteiger partial charge < -0.3 is 10.2 Å². The van der Waals surface area contributed by atoms with Crippen LogP contribution in [0.15, 0.2) is 30.3 Å². The highest BCUT2D eigenvalue weighted by atomic mass is 16.2. The SMILES string of the molecule is CC(C)CCC(C)NC(=O)/C=C/c1ccc(N2CCCC2=O)cc1. The molecule has 0 spiro atoms. The third-order valence-electron chi connectivity index (χ3n) is 4.27. The number of amides is 2. The molecule has 1 aromatic rings. The van der Waals surface area contributed by atoms with Crippen molar-refractivity contribution in [3.05, 3.63) is 35.9 Å². The van der Waals surface area contributed by atoms with Crippen LogP contribution in [-0.2, 0) is 9.59 Å². The maximum atomic E-state index is 11.9. The fraction of sp³-hybridized carbons (Fsp3) is 0.500. The molecule has 2 amide bonds. The van der Waals surface area contributed by atoms with Crippen molar-refractivity contribution in [1.29, 1.82) is 0 Å². The zero-order valence-corrected chi connectivity index (χ0v) is 14.9. The lowest BCUT2D eigenvalue weighted by molar-refractivity contribution is -0.117. The van der Waals surface area contributed by atoms with E-state index in [-0.39, 0.29) is 17.9 Å². The predicted octanol–water partition coefficient (Wildman–Crippen LogP) is 3.77. The molecule has 0 saturated carbocycles. The number of anilines is 1. The second-order valence-electron chi connectivity index (χ2n) is 6.95. The van der Waals surface area contributed by atoms with E-state index in [9.17, 15) is 9.59 Å². The molecule has 4 heteroatoms. The lowest BCUT2D eigenvalue weighted by atomic mass is 10.0. The van der Waals surface area contributed by atoms with Crippen LogP contribution in [0.4, 0.5) is 5.69 Å². The molecule has 1 heterocycles. The standard InChI is InChI=1S/C20H28N2O2/c1-15(2)6-7-16(3)21-19(23)13-10-17-8-11-18(12-9-17)22-14-4-5-20(22)24/h8-13,15-16H,4-7,14H2,1-3H3,(H,21,23)/b13-10+. The summed E-state index contributed by atoms with van der Waals surface area (Å²) in [6.07, 6.45) is 7.05. The van der Waals surface area contributed by atoms with Gasteiger partial charge in [-0.1, -0.05) is 26.0 Å². The first kappa shape index (κ1) is 18.2. The van der Waals surface area contributed by atoms with Gasteiger partial charge in [0.25, 0.3) is 0 Å². The van der Waals surface area contributed by atoms with Crippen LogP contribution >= 0.6 is 0 Å². The Hall–Kier alpha value is -2.10. The number of nitrogens with one attached hydrogen (secondary N) is 1. The molecule has 1 aliphatic heterocycles. The zero-order chi connectivity index (χ0) is 17.5. The molecule has 24 heavy (non-hydrogen) atoms. The van der Waals surface area contributed by atoms with Gasteiger partial charge in [-0.25, -0.2) is 0 Å². The Morgan fingerprint density at radius 3 is 2.50 bits per heavy atom. The molecular weight excluding hydrogens is 300 g/mol. The Balaban J connectivity index is 1.85. The predicted molar refractivity (Wildman–Crippen MR) is 98.7 cm³/mol. The highest BCUT2D eigenvalue weighted by Crippen LogP contribution is 2.21. The van der Waals surface area contributed by atoms with Gasteiger partial charge >= 0.3 is 0 Å². The molecule has 0 bridgehead atoms. The van der Waals surface area contributed by atoms with E-state index in [1.165, 1.54) is 0 Å². The molecular formula is C20H28N2O2. The topological polar surface area (TPSA) is 49.4 Å². The van der Waals surface area contributed by atoms with Gasteiger partial charge in [0.2, 0.25) is 11.8 Å². The van der Waals surface area contributed by atoms with Gasteiger partial charge in [0.15, 0.2) is 0 Å². The van der Waals surface area contributed by atoms with Crippen LogP contribution in [0.5, 0.6) is 0 Å². The Labute approximate surface area is 144 Å². The number of nitrogens with zero attached hydrogens (tertiary/aromatic N) is 1. The Kier molecular flexibility index (Phi) is 6.59. The van der Waals surface area contributed by atoms with Crippen LogP contribution in [0.1, 0.15) is 52.0 Å². The van der Waals surface area contributed by atoms with Crippen molar-refractivity contribution < 1.29 is 9.59 Å². The average Bonchev–Trinajstić information content (AvgIpc) is 2.97. The molecule has 0 aliphatic carbocycles. The number of hydrogen-bond donors (Lipinski definition) is 1. The fourth-order valence-electron chi connectivity index (χ4n) is 2.80. The van der Waals surface area contributed by atoms with Gasteiger partial charge in [-0.3, -0.25) is 9.59 Å². The van der Waals surface area contributed by atoms with Gasteiger partial charge in [0, 0.05) is 30.8 Å². The largest absolute Gasteiger partial charge is 0.350 e. The van der Waals surface area contributed by atoms with Crippen molar-refractivity contribution in [2.24, 2.45) is 5.92 Å². The van der Waals surface area contributed by atoms with Crippen LogP contribution < -0.4 is 10.2 Å². The highest BCUT2D eigenvalue weighted by molar-refractivity contribution is 5.95. The van der Waals surface area contributed by atoms with Crippen molar-refractivity contribution in [2.75, 3.05) is 11.4 Å². The summed E-state index contributed by atoms with van der Waals surface area (Å²) in [5, 5.41) is 2.99. The van der Waals surface area contributed by atoms with Crippen LogP contribution in [0.3, 0.4) is 0 Å². The van der Waals surface area contributed by atoms with Crippen LogP contribution in [-0.4, -0.2) is 24.4 Å².